The minimum atomic E-state index is -0.591. The van der Waals surface area contributed by atoms with Gasteiger partial charge in [0.15, 0.2) is 0 Å². The number of thioether (sulfide) groups is 1. The Balaban J connectivity index is 1.91. The Morgan fingerprint density at radius 3 is 2.61 bits per heavy atom. The molecule has 7 heteroatoms. The summed E-state index contributed by atoms with van der Waals surface area (Å²) in [5.41, 5.74) is 1.97. The van der Waals surface area contributed by atoms with E-state index in [2.05, 4.69) is 18.4 Å². The molecule has 28 heavy (non-hydrogen) atoms. The van der Waals surface area contributed by atoms with Crippen LogP contribution in [0, 0.1) is 0 Å². The second kappa shape index (κ2) is 8.22. The van der Waals surface area contributed by atoms with Gasteiger partial charge >= 0.3 is 5.97 Å². The zero-order valence-corrected chi connectivity index (χ0v) is 17.3. The van der Waals surface area contributed by atoms with E-state index in [9.17, 15) is 14.4 Å². The van der Waals surface area contributed by atoms with E-state index in [0.29, 0.717) is 10.9 Å². The van der Waals surface area contributed by atoms with Crippen LogP contribution in [0.25, 0.3) is 17.0 Å². The summed E-state index contributed by atoms with van der Waals surface area (Å²) in [7, 11) is 0. The predicted molar refractivity (Wildman–Crippen MR) is 111 cm³/mol. The zero-order valence-electron chi connectivity index (χ0n) is 16.5. The lowest BCUT2D eigenvalue weighted by Crippen LogP contribution is -2.35. The molecule has 0 bridgehead atoms. The van der Waals surface area contributed by atoms with Crippen LogP contribution in [0.4, 0.5) is 4.79 Å². The second-order valence-electron chi connectivity index (χ2n) is 7.07. The summed E-state index contributed by atoms with van der Waals surface area (Å²) < 4.78 is 7.23. The number of esters is 1. The molecule has 1 saturated heterocycles. The fraction of sp³-hybridized carbons (Fsp3) is 0.381. The summed E-state index contributed by atoms with van der Waals surface area (Å²) in [5, 5.41) is 0.566. The molecular formula is C21H24N2O4S. The number of fused-ring (bicyclic) bond motifs is 1. The number of aromatic nitrogens is 1. The summed E-state index contributed by atoms with van der Waals surface area (Å²) in [5.74, 6) is -1.05. The molecule has 1 aliphatic heterocycles. The molecule has 0 saturated carbocycles. The van der Waals surface area contributed by atoms with Crippen molar-refractivity contribution in [3.05, 3.63) is 40.9 Å². The number of rotatable bonds is 6. The lowest BCUT2D eigenvalue weighted by Gasteiger charge is -2.13. The zero-order chi connectivity index (χ0) is 20.4. The molecule has 1 atom stereocenters. The van der Waals surface area contributed by atoms with Crippen LogP contribution in [-0.2, 0) is 14.3 Å². The van der Waals surface area contributed by atoms with Crippen molar-refractivity contribution in [2.45, 2.75) is 46.3 Å². The molecule has 0 radical (unpaired) electrons. The van der Waals surface area contributed by atoms with Gasteiger partial charge in [-0.05, 0) is 51.1 Å². The van der Waals surface area contributed by atoms with Crippen LogP contribution < -0.4 is 0 Å². The third kappa shape index (κ3) is 3.99. The van der Waals surface area contributed by atoms with E-state index in [1.165, 1.54) is 0 Å². The highest BCUT2D eigenvalue weighted by atomic mass is 32.2. The number of ether oxygens (including phenoxy) is 1. The number of hydrogen-bond acceptors (Lipinski definition) is 5. The number of amides is 2. The molecule has 1 fully saturated rings. The molecule has 1 aromatic heterocycles. The molecule has 0 spiro atoms. The SMILES string of the molecule is CC[C@@H](C)n1cc(/C=C2/SC(=O)N(CC(=O)OC(C)C)C2=O)c2ccccc21. The Morgan fingerprint density at radius 2 is 1.93 bits per heavy atom. The largest absolute Gasteiger partial charge is 0.462 e. The highest BCUT2D eigenvalue weighted by Crippen LogP contribution is 2.35. The Morgan fingerprint density at radius 1 is 1.21 bits per heavy atom. The van der Waals surface area contributed by atoms with Gasteiger partial charge in [0.05, 0.1) is 11.0 Å². The van der Waals surface area contributed by atoms with E-state index in [-0.39, 0.29) is 12.6 Å². The lowest BCUT2D eigenvalue weighted by atomic mass is 10.1. The Hall–Kier alpha value is -2.54. The number of hydrogen-bond donors (Lipinski definition) is 0. The van der Waals surface area contributed by atoms with Gasteiger partial charge in [-0.1, -0.05) is 25.1 Å². The maximum Gasteiger partial charge on any atom is 0.326 e. The van der Waals surface area contributed by atoms with Crippen LogP contribution in [0.2, 0.25) is 0 Å². The average molecular weight is 401 g/mol. The quantitative estimate of drug-likeness (QED) is 0.524. The van der Waals surface area contributed by atoms with E-state index < -0.39 is 17.1 Å². The average Bonchev–Trinajstić information content (AvgIpc) is 3.14. The molecule has 2 amide bonds. The van der Waals surface area contributed by atoms with Gasteiger partial charge in [-0.15, -0.1) is 0 Å². The van der Waals surface area contributed by atoms with E-state index in [1.807, 2.05) is 30.5 Å². The van der Waals surface area contributed by atoms with Crippen LogP contribution >= 0.6 is 11.8 Å². The summed E-state index contributed by atoms with van der Waals surface area (Å²) in [6.45, 7) is 7.34. The molecule has 3 rings (SSSR count). The molecule has 1 aliphatic rings. The number of benzene rings is 1. The first kappa shape index (κ1) is 20.2. The van der Waals surface area contributed by atoms with Gasteiger partial charge in [-0.2, -0.15) is 0 Å². The molecule has 2 aromatic rings. The second-order valence-corrected chi connectivity index (χ2v) is 8.07. The van der Waals surface area contributed by atoms with Crippen molar-refractivity contribution in [2.75, 3.05) is 6.54 Å². The number of carbonyl (C=O) groups excluding carboxylic acids is 3. The van der Waals surface area contributed by atoms with Crippen LogP contribution in [0.5, 0.6) is 0 Å². The number of para-hydroxylation sites is 1. The lowest BCUT2D eigenvalue weighted by molar-refractivity contribution is -0.149. The fourth-order valence-corrected chi connectivity index (χ4v) is 3.94. The highest BCUT2D eigenvalue weighted by molar-refractivity contribution is 8.18. The first-order valence-corrected chi connectivity index (χ1v) is 10.2. The van der Waals surface area contributed by atoms with Gasteiger partial charge in [-0.25, -0.2) is 0 Å². The molecule has 148 valence electrons. The van der Waals surface area contributed by atoms with E-state index >= 15 is 0 Å². The number of imide groups is 1. The number of nitrogens with zero attached hydrogens (tertiary/aromatic N) is 2. The first-order valence-electron chi connectivity index (χ1n) is 9.36. The fourth-order valence-electron chi connectivity index (χ4n) is 3.12. The standard InChI is InChI=1S/C21H24N2O4S/c1-5-14(4)22-11-15(16-8-6-7-9-17(16)22)10-18-20(25)23(21(26)28-18)12-19(24)27-13(2)3/h6-11,13-14H,5,12H2,1-4H3/b18-10+/t14-/m1/s1. The molecule has 0 N–H and O–H groups in total. The van der Waals surface area contributed by atoms with Crippen molar-refractivity contribution in [3.63, 3.8) is 0 Å². The molecule has 1 aromatic carbocycles. The first-order chi connectivity index (χ1) is 13.3. The monoisotopic (exact) mass is 400 g/mol. The van der Waals surface area contributed by atoms with Crippen molar-refractivity contribution in [1.82, 2.24) is 9.47 Å². The minimum Gasteiger partial charge on any atom is -0.462 e. The Bertz CT molecular complexity index is 960. The molecule has 0 unspecified atom stereocenters. The molecule has 0 aliphatic carbocycles. The van der Waals surface area contributed by atoms with E-state index in [1.54, 1.807) is 19.9 Å². The van der Waals surface area contributed by atoms with Crippen LogP contribution in [0.1, 0.15) is 45.7 Å². The van der Waals surface area contributed by atoms with E-state index in [0.717, 1.165) is 39.5 Å². The maximum atomic E-state index is 12.7. The van der Waals surface area contributed by atoms with Crippen LogP contribution in [0.3, 0.4) is 0 Å². The van der Waals surface area contributed by atoms with Gasteiger partial charge < -0.3 is 9.30 Å². The van der Waals surface area contributed by atoms with Gasteiger partial charge in [0.2, 0.25) is 0 Å². The molecular weight excluding hydrogens is 376 g/mol. The summed E-state index contributed by atoms with van der Waals surface area (Å²) >= 11 is 0.851. The van der Waals surface area contributed by atoms with Gasteiger partial charge in [0.1, 0.15) is 6.54 Å². The third-order valence-corrected chi connectivity index (χ3v) is 5.56. The summed E-state index contributed by atoms with van der Waals surface area (Å²) in [6.07, 6.45) is 4.43. The smallest absolute Gasteiger partial charge is 0.326 e. The minimum absolute atomic E-state index is 0.297. The van der Waals surface area contributed by atoms with Crippen molar-refractivity contribution in [3.8, 4) is 0 Å². The third-order valence-electron chi connectivity index (χ3n) is 4.65. The Labute approximate surface area is 168 Å². The highest BCUT2D eigenvalue weighted by Gasteiger charge is 2.37. The van der Waals surface area contributed by atoms with Crippen molar-refractivity contribution >= 4 is 45.9 Å². The topological polar surface area (TPSA) is 68.6 Å². The van der Waals surface area contributed by atoms with Gasteiger partial charge in [0, 0.05) is 28.7 Å². The van der Waals surface area contributed by atoms with Crippen molar-refractivity contribution in [1.29, 1.82) is 0 Å². The summed E-state index contributed by atoms with van der Waals surface area (Å²) in [6, 6.07) is 8.30. The van der Waals surface area contributed by atoms with Gasteiger partial charge in [-0.3, -0.25) is 19.3 Å². The van der Waals surface area contributed by atoms with Crippen molar-refractivity contribution < 1.29 is 19.1 Å². The normalized spacial score (nSPS) is 17.2. The van der Waals surface area contributed by atoms with Crippen molar-refractivity contribution in [2.24, 2.45) is 0 Å². The molecule has 2 heterocycles. The van der Waals surface area contributed by atoms with Crippen LogP contribution in [0.15, 0.2) is 35.4 Å². The maximum absolute atomic E-state index is 12.7. The number of carbonyl (C=O) groups is 3. The molecule has 6 nitrogen and oxygen atoms in total. The van der Waals surface area contributed by atoms with Crippen LogP contribution in [-0.4, -0.2) is 39.2 Å². The Kier molecular flexibility index (Phi) is 5.93. The van der Waals surface area contributed by atoms with E-state index in [4.69, 9.17) is 4.74 Å². The predicted octanol–water partition coefficient (Wildman–Crippen LogP) is 4.60. The van der Waals surface area contributed by atoms with Gasteiger partial charge in [0.25, 0.3) is 11.1 Å². The summed E-state index contributed by atoms with van der Waals surface area (Å²) in [4.78, 5) is 38.0.